The number of hydrogen-bond acceptors (Lipinski definition) is 4. The number of β-amino-alcohol motifs (C(OH)–C–C–N with tert-alkyl or cyclic N) is 1. The van der Waals surface area contributed by atoms with E-state index in [4.69, 9.17) is 21.1 Å². The number of ether oxygens (including phenoxy) is 2. The predicted octanol–water partition coefficient (Wildman–Crippen LogP) is 2.07. The number of likely N-dealkylation sites (tertiary alicyclic amines) is 1. The molecule has 2 heterocycles. The Hall–Kier alpha value is -0.970. The van der Waals surface area contributed by atoms with Crippen molar-refractivity contribution < 1.29 is 14.6 Å². The van der Waals surface area contributed by atoms with E-state index < -0.39 is 5.60 Å². The minimum absolute atomic E-state index is 0.502. The molecule has 5 heteroatoms. The lowest BCUT2D eigenvalue weighted by molar-refractivity contribution is -0.103. The average Bonchev–Trinajstić information content (AvgIpc) is 2.37. The van der Waals surface area contributed by atoms with Crippen LogP contribution in [0.3, 0.4) is 0 Å². The van der Waals surface area contributed by atoms with E-state index in [9.17, 15) is 5.11 Å². The second-order valence-corrected chi connectivity index (χ2v) is 5.73. The summed E-state index contributed by atoms with van der Waals surface area (Å²) < 4.78 is 11.1. The van der Waals surface area contributed by atoms with Crippen molar-refractivity contribution in [1.82, 2.24) is 4.90 Å². The topological polar surface area (TPSA) is 41.9 Å². The lowest BCUT2D eigenvalue weighted by atomic mass is 9.91. The lowest BCUT2D eigenvalue weighted by Crippen LogP contribution is -2.60. The highest BCUT2D eigenvalue weighted by Gasteiger charge is 2.39. The zero-order chi connectivity index (χ0) is 13.5. The van der Waals surface area contributed by atoms with Crippen LogP contribution >= 0.6 is 11.6 Å². The fraction of sp³-hybridized carbons (Fsp3) is 0.571. The van der Waals surface area contributed by atoms with Crippen LogP contribution in [-0.4, -0.2) is 41.9 Å². The molecule has 0 amide bonds. The molecule has 1 aromatic rings. The first-order chi connectivity index (χ1) is 9.09. The summed E-state index contributed by atoms with van der Waals surface area (Å²) in [5.41, 5.74) is 0.588. The van der Waals surface area contributed by atoms with E-state index in [1.165, 1.54) is 0 Å². The molecular weight excluding hydrogens is 266 g/mol. The molecule has 0 saturated carbocycles. The first-order valence-corrected chi connectivity index (χ1v) is 7.00. The molecule has 1 fully saturated rings. The number of nitrogens with zero attached hydrogens (tertiary/aromatic N) is 1. The van der Waals surface area contributed by atoms with Crippen LogP contribution in [0.1, 0.15) is 18.9 Å². The number of benzene rings is 1. The van der Waals surface area contributed by atoms with Crippen LogP contribution in [0.25, 0.3) is 0 Å². The summed E-state index contributed by atoms with van der Waals surface area (Å²) in [6.07, 6.45) is 0.797. The largest absolute Gasteiger partial charge is 0.486 e. The van der Waals surface area contributed by atoms with E-state index in [0.717, 1.165) is 37.4 Å². The molecule has 1 aromatic carbocycles. The number of fused-ring (bicyclic) bond motifs is 1. The third-order valence-corrected chi connectivity index (χ3v) is 4.04. The Morgan fingerprint density at radius 3 is 2.79 bits per heavy atom. The SMILES string of the molecule is CCC1(O)CN(Cc2cc(Cl)c3c(c2)OCCO3)C1. The summed E-state index contributed by atoms with van der Waals surface area (Å²) in [6, 6.07) is 3.89. The fourth-order valence-corrected chi connectivity index (χ4v) is 2.92. The van der Waals surface area contributed by atoms with Gasteiger partial charge in [-0.3, -0.25) is 4.90 Å². The van der Waals surface area contributed by atoms with Crippen LogP contribution in [0.2, 0.25) is 5.02 Å². The predicted molar refractivity (Wildman–Crippen MR) is 73.0 cm³/mol. The molecule has 4 nitrogen and oxygen atoms in total. The first-order valence-electron chi connectivity index (χ1n) is 6.62. The van der Waals surface area contributed by atoms with E-state index >= 15 is 0 Å². The van der Waals surface area contributed by atoms with Crippen molar-refractivity contribution in [2.75, 3.05) is 26.3 Å². The van der Waals surface area contributed by atoms with Crippen molar-refractivity contribution >= 4 is 11.6 Å². The van der Waals surface area contributed by atoms with Gasteiger partial charge in [-0.05, 0) is 24.1 Å². The van der Waals surface area contributed by atoms with Crippen molar-refractivity contribution in [2.45, 2.75) is 25.5 Å². The molecule has 2 aliphatic rings. The summed E-state index contributed by atoms with van der Waals surface area (Å²) in [5.74, 6) is 1.37. The second-order valence-electron chi connectivity index (χ2n) is 5.32. The molecule has 1 saturated heterocycles. The smallest absolute Gasteiger partial charge is 0.179 e. The van der Waals surface area contributed by atoms with Gasteiger partial charge in [-0.1, -0.05) is 18.5 Å². The molecule has 0 aliphatic carbocycles. The van der Waals surface area contributed by atoms with Gasteiger partial charge in [0.2, 0.25) is 0 Å². The summed E-state index contributed by atoms with van der Waals surface area (Å²) in [6.45, 7) is 5.33. The summed E-state index contributed by atoms with van der Waals surface area (Å²) in [7, 11) is 0. The first kappa shape index (κ1) is 13.0. The third-order valence-electron chi connectivity index (χ3n) is 3.76. The molecule has 0 spiro atoms. The number of aliphatic hydroxyl groups is 1. The van der Waals surface area contributed by atoms with Crippen molar-refractivity contribution in [3.8, 4) is 11.5 Å². The Balaban J connectivity index is 1.71. The van der Waals surface area contributed by atoms with Gasteiger partial charge in [-0.25, -0.2) is 0 Å². The lowest BCUT2D eigenvalue weighted by Gasteiger charge is -2.46. The molecule has 0 atom stereocenters. The molecule has 104 valence electrons. The quantitative estimate of drug-likeness (QED) is 0.922. The Kier molecular flexibility index (Phi) is 3.33. The maximum atomic E-state index is 10.0. The molecule has 3 rings (SSSR count). The average molecular weight is 284 g/mol. The van der Waals surface area contributed by atoms with Gasteiger partial charge >= 0.3 is 0 Å². The van der Waals surface area contributed by atoms with Crippen LogP contribution < -0.4 is 9.47 Å². The van der Waals surface area contributed by atoms with Gasteiger partial charge in [0, 0.05) is 19.6 Å². The standard InChI is InChI=1S/C14H18ClNO3/c1-2-14(17)8-16(9-14)7-10-5-11(15)13-12(6-10)18-3-4-19-13/h5-6,17H,2-4,7-9H2,1H3. The van der Waals surface area contributed by atoms with Gasteiger partial charge in [0.1, 0.15) is 13.2 Å². The molecule has 0 radical (unpaired) electrons. The molecular formula is C14H18ClNO3. The van der Waals surface area contributed by atoms with Crippen LogP contribution in [0, 0.1) is 0 Å². The van der Waals surface area contributed by atoms with Gasteiger partial charge in [0.25, 0.3) is 0 Å². The Bertz CT molecular complexity index is 486. The summed E-state index contributed by atoms with van der Waals surface area (Å²) in [5, 5.41) is 10.6. The number of rotatable bonds is 3. The van der Waals surface area contributed by atoms with E-state index in [1.807, 2.05) is 19.1 Å². The van der Waals surface area contributed by atoms with Crippen molar-refractivity contribution in [3.63, 3.8) is 0 Å². The molecule has 19 heavy (non-hydrogen) atoms. The van der Waals surface area contributed by atoms with Gasteiger partial charge in [0.15, 0.2) is 11.5 Å². The monoisotopic (exact) mass is 283 g/mol. The zero-order valence-electron chi connectivity index (χ0n) is 11.0. The molecule has 0 aromatic heterocycles. The van der Waals surface area contributed by atoms with Crippen molar-refractivity contribution in [2.24, 2.45) is 0 Å². The normalized spacial score (nSPS) is 21.0. The minimum atomic E-state index is -0.502. The van der Waals surface area contributed by atoms with E-state index in [1.54, 1.807) is 0 Å². The number of halogens is 1. The molecule has 0 bridgehead atoms. The molecule has 0 unspecified atom stereocenters. The van der Waals surface area contributed by atoms with Crippen LogP contribution in [-0.2, 0) is 6.54 Å². The summed E-state index contributed by atoms with van der Waals surface area (Å²) >= 11 is 6.20. The van der Waals surface area contributed by atoms with Crippen LogP contribution in [0.4, 0.5) is 0 Å². The fourth-order valence-electron chi connectivity index (χ4n) is 2.64. The van der Waals surface area contributed by atoms with E-state index in [0.29, 0.717) is 24.0 Å². The number of hydrogen-bond donors (Lipinski definition) is 1. The highest BCUT2D eigenvalue weighted by atomic mass is 35.5. The van der Waals surface area contributed by atoms with Gasteiger partial charge in [-0.2, -0.15) is 0 Å². The van der Waals surface area contributed by atoms with E-state index in [-0.39, 0.29) is 0 Å². The van der Waals surface area contributed by atoms with Crippen molar-refractivity contribution in [1.29, 1.82) is 0 Å². The van der Waals surface area contributed by atoms with Gasteiger partial charge in [0.05, 0.1) is 10.6 Å². The minimum Gasteiger partial charge on any atom is -0.486 e. The zero-order valence-corrected chi connectivity index (χ0v) is 11.7. The van der Waals surface area contributed by atoms with Crippen molar-refractivity contribution in [3.05, 3.63) is 22.7 Å². The van der Waals surface area contributed by atoms with Gasteiger partial charge < -0.3 is 14.6 Å². The second kappa shape index (κ2) is 4.85. The Morgan fingerprint density at radius 2 is 2.05 bits per heavy atom. The highest BCUT2D eigenvalue weighted by Crippen LogP contribution is 2.39. The Labute approximate surface area is 117 Å². The van der Waals surface area contributed by atoms with Gasteiger partial charge in [-0.15, -0.1) is 0 Å². The third kappa shape index (κ3) is 2.53. The van der Waals surface area contributed by atoms with Crippen LogP contribution in [0.15, 0.2) is 12.1 Å². The maximum absolute atomic E-state index is 10.0. The van der Waals surface area contributed by atoms with E-state index in [2.05, 4.69) is 4.90 Å². The maximum Gasteiger partial charge on any atom is 0.179 e. The highest BCUT2D eigenvalue weighted by molar-refractivity contribution is 6.32. The molecule has 1 N–H and O–H groups in total. The van der Waals surface area contributed by atoms with Crippen LogP contribution in [0.5, 0.6) is 11.5 Å². The molecule has 2 aliphatic heterocycles. The Morgan fingerprint density at radius 1 is 1.32 bits per heavy atom. The summed E-state index contributed by atoms with van der Waals surface area (Å²) in [4.78, 5) is 2.20.